The SMILES string of the molecule is COc1ccc(Cl)cc1Nc1ncc(C(=O)NCc2cccnc2)cn1. The van der Waals surface area contributed by atoms with Crippen molar-refractivity contribution < 1.29 is 9.53 Å². The first-order valence-corrected chi connectivity index (χ1v) is 8.13. The maximum Gasteiger partial charge on any atom is 0.254 e. The molecular weight excluding hydrogens is 354 g/mol. The standard InChI is InChI=1S/C18H16ClN5O2/c1-26-16-5-4-14(19)7-15(16)24-18-22-10-13(11-23-18)17(25)21-9-12-3-2-6-20-8-12/h2-8,10-11H,9H2,1H3,(H,21,25)(H,22,23,24). The summed E-state index contributed by atoms with van der Waals surface area (Å²) in [5, 5.41) is 6.37. The van der Waals surface area contributed by atoms with E-state index in [0.717, 1.165) is 5.56 Å². The molecule has 0 atom stereocenters. The van der Waals surface area contributed by atoms with Crippen molar-refractivity contribution in [3.63, 3.8) is 0 Å². The second-order valence-corrected chi connectivity index (χ2v) is 5.75. The lowest BCUT2D eigenvalue weighted by molar-refractivity contribution is 0.0950. The fourth-order valence-corrected chi connectivity index (χ4v) is 2.37. The summed E-state index contributed by atoms with van der Waals surface area (Å²) in [6, 6.07) is 8.87. The molecule has 0 spiro atoms. The molecule has 0 saturated carbocycles. The van der Waals surface area contributed by atoms with E-state index in [4.69, 9.17) is 16.3 Å². The van der Waals surface area contributed by atoms with E-state index >= 15 is 0 Å². The maximum absolute atomic E-state index is 12.2. The van der Waals surface area contributed by atoms with Crippen molar-refractivity contribution in [3.8, 4) is 5.75 Å². The minimum atomic E-state index is -0.263. The number of nitrogens with zero attached hydrogens (tertiary/aromatic N) is 3. The Labute approximate surface area is 155 Å². The minimum Gasteiger partial charge on any atom is -0.495 e. The molecule has 2 aromatic heterocycles. The molecule has 0 fully saturated rings. The number of nitrogens with one attached hydrogen (secondary N) is 2. The Balaban J connectivity index is 1.65. The molecule has 2 heterocycles. The van der Waals surface area contributed by atoms with Crippen molar-refractivity contribution in [3.05, 3.63) is 71.3 Å². The monoisotopic (exact) mass is 369 g/mol. The highest BCUT2D eigenvalue weighted by molar-refractivity contribution is 6.31. The lowest BCUT2D eigenvalue weighted by Crippen LogP contribution is -2.23. The van der Waals surface area contributed by atoms with E-state index in [9.17, 15) is 4.79 Å². The van der Waals surface area contributed by atoms with Crippen molar-refractivity contribution in [2.45, 2.75) is 6.54 Å². The number of benzene rings is 1. The summed E-state index contributed by atoms with van der Waals surface area (Å²) in [6.45, 7) is 0.381. The number of halogens is 1. The first kappa shape index (κ1) is 17.6. The van der Waals surface area contributed by atoms with E-state index in [1.165, 1.54) is 12.4 Å². The molecule has 1 amide bonds. The summed E-state index contributed by atoms with van der Waals surface area (Å²) in [7, 11) is 1.56. The van der Waals surface area contributed by atoms with E-state index in [1.807, 2.05) is 12.1 Å². The zero-order chi connectivity index (χ0) is 18.4. The summed E-state index contributed by atoms with van der Waals surface area (Å²) >= 11 is 6.00. The highest BCUT2D eigenvalue weighted by Crippen LogP contribution is 2.29. The van der Waals surface area contributed by atoms with Crippen molar-refractivity contribution in [1.29, 1.82) is 0 Å². The number of carbonyl (C=O) groups excluding carboxylic acids is 1. The van der Waals surface area contributed by atoms with Crippen LogP contribution in [0.15, 0.2) is 55.1 Å². The minimum absolute atomic E-state index is 0.263. The number of hydrogen-bond donors (Lipinski definition) is 2. The van der Waals surface area contributed by atoms with Gasteiger partial charge in [-0.3, -0.25) is 9.78 Å². The van der Waals surface area contributed by atoms with Crippen LogP contribution in [0.4, 0.5) is 11.6 Å². The van der Waals surface area contributed by atoms with Crippen LogP contribution in [0.1, 0.15) is 15.9 Å². The molecule has 0 saturated heterocycles. The van der Waals surface area contributed by atoms with Crippen molar-refractivity contribution in [2.24, 2.45) is 0 Å². The number of ether oxygens (including phenoxy) is 1. The Morgan fingerprint density at radius 2 is 2.00 bits per heavy atom. The number of methoxy groups -OCH3 is 1. The van der Waals surface area contributed by atoms with E-state index in [2.05, 4.69) is 25.6 Å². The summed E-state index contributed by atoms with van der Waals surface area (Å²) in [4.78, 5) is 24.5. The highest BCUT2D eigenvalue weighted by atomic mass is 35.5. The van der Waals surface area contributed by atoms with E-state index in [-0.39, 0.29) is 5.91 Å². The molecule has 132 valence electrons. The van der Waals surface area contributed by atoms with Crippen molar-refractivity contribution >= 4 is 29.1 Å². The van der Waals surface area contributed by atoms with Gasteiger partial charge in [0.05, 0.1) is 18.4 Å². The van der Waals surface area contributed by atoms with E-state index < -0.39 is 0 Å². The molecule has 0 bridgehead atoms. The first-order valence-electron chi connectivity index (χ1n) is 7.75. The third-order valence-electron chi connectivity index (χ3n) is 3.50. The van der Waals surface area contributed by atoms with Gasteiger partial charge in [-0.15, -0.1) is 0 Å². The zero-order valence-corrected chi connectivity index (χ0v) is 14.7. The number of carbonyl (C=O) groups is 1. The molecule has 3 rings (SSSR count). The predicted octanol–water partition coefficient (Wildman–Crippen LogP) is 3.21. The fraction of sp³-hybridized carbons (Fsp3) is 0.111. The fourth-order valence-electron chi connectivity index (χ4n) is 2.20. The molecule has 0 aliphatic heterocycles. The van der Waals surface area contributed by atoms with Gasteiger partial charge in [0.15, 0.2) is 0 Å². The number of anilines is 2. The molecule has 3 aromatic rings. The number of hydrogen-bond acceptors (Lipinski definition) is 6. The number of rotatable bonds is 6. The topological polar surface area (TPSA) is 89.0 Å². The van der Waals surface area contributed by atoms with Crippen molar-refractivity contribution in [2.75, 3.05) is 12.4 Å². The molecule has 0 unspecified atom stereocenters. The molecule has 0 radical (unpaired) electrons. The molecule has 0 aliphatic carbocycles. The van der Waals surface area contributed by atoms with Gasteiger partial charge in [-0.05, 0) is 29.8 Å². The summed E-state index contributed by atoms with van der Waals surface area (Å²) in [6.07, 6.45) is 6.28. The normalized spacial score (nSPS) is 10.2. The van der Waals surface area contributed by atoms with Crippen LogP contribution < -0.4 is 15.4 Å². The zero-order valence-electron chi connectivity index (χ0n) is 13.9. The smallest absolute Gasteiger partial charge is 0.254 e. The Kier molecular flexibility index (Phi) is 5.60. The molecule has 7 nitrogen and oxygen atoms in total. The van der Waals surface area contributed by atoms with Gasteiger partial charge in [-0.2, -0.15) is 0 Å². The van der Waals surface area contributed by atoms with Crippen LogP contribution in [-0.4, -0.2) is 28.0 Å². The van der Waals surface area contributed by atoms with Gasteiger partial charge in [0.25, 0.3) is 5.91 Å². The third-order valence-corrected chi connectivity index (χ3v) is 3.73. The van der Waals surface area contributed by atoms with Crippen molar-refractivity contribution in [1.82, 2.24) is 20.3 Å². The summed E-state index contributed by atoms with van der Waals surface area (Å²) in [5.41, 5.74) is 1.90. The van der Waals surface area contributed by atoms with E-state index in [1.54, 1.807) is 37.7 Å². The average molecular weight is 370 g/mol. The molecule has 1 aromatic carbocycles. The van der Waals surface area contributed by atoms with Crippen LogP contribution in [0, 0.1) is 0 Å². The van der Waals surface area contributed by atoms with Gasteiger partial charge < -0.3 is 15.4 Å². The van der Waals surface area contributed by atoms with Gasteiger partial charge in [-0.1, -0.05) is 17.7 Å². The number of aromatic nitrogens is 3. The average Bonchev–Trinajstić information content (AvgIpc) is 2.68. The lowest BCUT2D eigenvalue weighted by atomic mass is 10.2. The number of amides is 1. The van der Waals surface area contributed by atoms with Crippen LogP contribution in [-0.2, 0) is 6.54 Å². The molecule has 0 aliphatic rings. The molecule has 8 heteroatoms. The van der Waals surface area contributed by atoms with Crippen LogP contribution in [0.2, 0.25) is 5.02 Å². The molecular formula is C18H16ClN5O2. The summed E-state index contributed by atoms with van der Waals surface area (Å²) in [5.74, 6) is 0.673. The van der Waals surface area contributed by atoms with Crippen LogP contribution in [0.25, 0.3) is 0 Å². The first-order chi connectivity index (χ1) is 12.7. The Hall–Kier alpha value is -3.19. The second kappa shape index (κ2) is 8.26. The third kappa shape index (κ3) is 4.46. The Bertz CT molecular complexity index is 888. The summed E-state index contributed by atoms with van der Waals surface area (Å²) < 4.78 is 5.26. The van der Waals surface area contributed by atoms with Crippen LogP contribution in [0.3, 0.4) is 0 Å². The van der Waals surface area contributed by atoms with Gasteiger partial charge in [0.2, 0.25) is 5.95 Å². The largest absolute Gasteiger partial charge is 0.495 e. The quantitative estimate of drug-likeness (QED) is 0.693. The Morgan fingerprint density at radius 1 is 1.19 bits per heavy atom. The molecule has 26 heavy (non-hydrogen) atoms. The lowest BCUT2D eigenvalue weighted by Gasteiger charge is -2.10. The van der Waals surface area contributed by atoms with Gasteiger partial charge in [0, 0.05) is 36.4 Å². The van der Waals surface area contributed by atoms with Gasteiger partial charge in [0.1, 0.15) is 5.75 Å². The van der Waals surface area contributed by atoms with Crippen LogP contribution >= 0.6 is 11.6 Å². The van der Waals surface area contributed by atoms with Gasteiger partial charge in [-0.25, -0.2) is 9.97 Å². The maximum atomic E-state index is 12.2. The van der Waals surface area contributed by atoms with E-state index in [0.29, 0.717) is 34.5 Å². The Morgan fingerprint density at radius 3 is 2.69 bits per heavy atom. The predicted molar refractivity (Wildman–Crippen MR) is 98.7 cm³/mol. The van der Waals surface area contributed by atoms with Gasteiger partial charge >= 0.3 is 0 Å². The van der Waals surface area contributed by atoms with Crippen LogP contribution in [0.5, 0.6) is 5.75 Å². The number of pyridine rings is 1. The molecule has 2 N–H and O–H groups in total. The highest BCUT2D eigenvalue weighted by Gasteiger charge is 2.09. The second-order valence-electron chi connectivity index (χ2n) is 5.31.